The lowest BCUT2D eigenvalue weighted by Gasteiger charge is -2.26. The van der Waals surface area contributed by atoms with Gasteiger partial charge in [-0.1, -0.05) is 32.0 Å². The lowest BCUT2D eigenvalue weighted by Crippen LogP contribution is -2.43. The van der Waals surface area contributed by atoms with Gasteiger partial charge in [-0.15, -0.1) is 0 Å². The zero-order chi connectivity index (χ0) is 14.6. The number of carbonyl (C=O) groups is 1. The molecule has 2 N–H and O–H groups in total. The number of hydrogen-bond donors (Lipinski definition) is 2. The van der Waals surface area contributed by atoms with Crippen LogP contribution in [0.15, 0.2) is 29.8 Å². The number of nitrogens with one attached hydrogen (secondary N) is 1. The van der Waals surface area contributed by atoms with Gasteiger partial charge in [-0.3, -0.25) is 4.79 Å². The van der Waals surface area contributed by atoms with E-state index in [1.165, 1.54) is 0 Å². The van der Waals surface area contributed by atoms with Gasteiger partial charge in [0.05, 0.1) is 11.2 Å². The minimum Gasteiger partial charge on any atom is -0.488 e. The van der Waals surface area contributed by atoms with Gasteiger partial charge >= 0.3 is 0 Å². The number of aliphatic hydroxyl groups is 1. The highest BCUT2D eigenvalue weighted by atomic mass is 16.5. The molecule has 0 bridgehead atoms. The largest absolute Gasteiger partial charge is 0.488 e. The number of carbonyl (C=O) groups excluding carboxylic acids is 1. The van der Waals surface area contributed by atoms with E-state index in [0.717, 1.165) is 11.3 Å². The molecule has 108 valence electrons. The summed E-state index contributed by atoms with van der Waals surface area (Å²) in [4.78, 5) is 12.1. The Hall–Kier alpha value is -1.81. The number of para-hydroxylation sites is 1. The van der Waals surface area contributed by atoms with Crippen molar-refractivity contribution in [2.45, 2.75) is 32.3 Å². The monoisotopic (exact) mass is 275 g/mol. The summed E-state index contributed by atoms with van der Waals surface area (Å²) in [5, 5.41) is 13.0. The number of ether oxygens (including phenoxy) is 1. The van der Waals surface area contributed by atoms with Crippen LogP contribution in [0.3, 0.4) is 0 Å². The van der Waals surface area contributed by atoms with Crippen LogP contribution < -0.4 is 10.1 Å². The van der Waals surface area contributed by atoms with Crippen LogP contribution in [0.1, 0.15) is 32.3 Å². The van der Waals surface area contributed by atoms with Gasteiger partial charge in [0.2, 0.25) is 0 Å². The van der Waals surface area contributed by atoms with Crippen LogP contribution in [0.5, 0.6) is 5.75 Å². The molecule has 0 aliphatic carbocycles. The van der Waals surface area contributed by atoms with Crippen molar-refractivity contribution in [3.63, 3.8) is 0 Å². The van der Waals surface area contributed by atoms with Crippen molar-refractivity contribution in [2.24, 2.45) is 0 Å². The molecule has 0 saturated carbocycles. The minimum atomic E-state index is -0.830. The third kappa shape index (κ3) is 3.20. The summed E-state index contributed by atoms with van der Waals surface area (Å²) in [6, 6.07) is 7.61. The number of amides is 1. The Bertz CT molecular complexity index is 518. The van der Waals surface area contributed by atoms with Crippen molar-refractivity contribution in [2.75, 3.05) is 13.2 Å². The van der Waals surface area contributed by atoms with Crippen LogP contribution in [0, 0.1) is 0 Å². The van der Waals surface area contributed by atoms with Gasteiger partial charge in [0.15, 0.2) is 0 Å². The van der Waals surface area contributed by atoms with Crippen LogP contribution in [-0.4, -0.2) is 29.8 Å². The first-order valence-electron chi connectivity index (χ1n) is 7.01. The molecule has 1 aliphatic rings. The summed E-state index contributed by atoms with van der Waals surface area (Å²) in [5.74, 6) is 0.613. The normalized spacial score (nSPS) is 14.1. The highest BCUT2D eigenvalue weighted by molar-refractivity contribution is 5.99. The van der Waals surface area contributed by atoms with E-state index in [1.54, 1.807) is 0 Å². The SMILES string of the molecule is CCC(O)(CC)CNC(=O)C1=Cc2ccccc2OC1. The maximum atomic E-state index is 12.1. The molecule has 2 rings (SSSR count). The summed E-state index contributed by atoms with van der Waals surface area (Å²) >= 11 is 0. The number of hydrogen-bond acceptors (Lipinski definition) is 3. The van der Waals surface area contributed by atoms with Crippen molar-refractivity contribution < 1.29 is 14.6 Å². The minimum absolute atomic E-state index is 0.181. The van der Waals surface area contributed by atoms with Crippen LogP contribution in [0.2, 0.25) is 0 Å². The van der Waals surface area contributed by atoms with Crippen LogP contribution in [0.25, 0.3) is 6.08 Å². The summed E-state index contributed by atoms with van der Waals surface area (Å²) < 4.78 is 5.55. The fourth-order valence-electron chi connectivity index (χ4n) is 2.11. The maximum Gasteiger partial charge on any atom is 0.250 e. The highest BCUT2D eigenvalue weighted by Crippen LogP contribution is 2.25. The summed E-state index contributed by atoms with van der Waals surface area (Å²) in [7, 11) is 0. The first kappa shape index (κ1) is 14.6. The second kappa shape index (κ2) is 6.09. The Labute approximate surface area is 119 Å². The van der Waals surface area contributed by atoms with Gasteiger partial charge in [-0.05, 0) is 25.0 Å². The molecule has 0 aromatic heterocycles. The molecule has 1 amide bonds. The zero-order valence-corrected chi connectivity index (χ0v) is 12.0. The van der Waals surface area contributed by atoms with E-state index in [2.05, 4.69) is 5.32 Å². The van der Waals surface area contributed by atoms with E-state index in [0.29, 0.717) is 18.4 Å². The molecule has 1 aromatic carbocycles. The van der Waals surface area contributed by atoms with E-state index < -0.39 is 5.60 Å². The van der Waals surface area contributed by atoms with Crippen molar-refractivity contribution in [1.82, 2.24) is 5.32 Å². The molecule has 1 aliphatic heterocycles. The Morgan fingerprint density at radius 1 is 1.35 bits per heavy atom. The van der Waals surface area contributed by atoms with Crippen molar-refractivity contribution >= 4 is 12.0 Å². The fourth-order valence-corrected chi connectivity index (χ4v) is 2.11. The van der Waals surface area contributed by atoms with Gasteiger partial charge in [0, 0.05) is 12.1 Å². The van der Waals surface area contributed by atoms with Crippen LogP contribution in [0.4, 0.5) is 0 Å². The van der Waals surface area contributed by atoms with E-state index in [-0.39, 0.29) is 19.1 Å². The lowest BCUT2D eigenvalue weighted by molar-refractivity contribution is -0.119. The van der Waals surface area contributed by atoms with Crippen LogP contribution in [-0.2, 0) is 4.79 Å². The first-order valence-corrected chi connectivity index (χ1v) is 7.01. The summed E-state index contributed by atoms with van der Waals surface area (Å²) in [6.07, 6.45) is 3.06. The summed E-state index contributed by atoms with van der Waals surface area (Å²) in [5.41, 5.74) is 0.660. The maximum absolute atomic E-state index is 12.1. The Morgan fingerprint density at radius 2 is 2.05 bits per heavy atom. The van der Waals surface area contributed by atoms with Crippen molar-refractivity contribution in [3.05, 3.63) is 35.4 Å². The Balaban J connectivity index is 2.03. The smallest absolute Gasteiger partial charge is 0.250 e. The molecule has 1 heterocycles. The molecule has 4 nitrogen and oxygen atoms in total. The van der Waals surface area contributed by atoms with Crippen molar-refractivity contribution in [3.8, 4) is 5.75 Å². The average molecular weight is 275 g/mol. The molecule has 4 heteroatoms. The predicted molar refractivity (Wildman–Crippen MR) is 78.5 cm³/mol. The topological polar surface area (TPSA) is 58.6 Å². The van der Waals surface area contributed by atoms with Gasteiger partial charge < -0.3 is 15.2 Å². The average Bonchev–Trinajstić information content (AvgIpc) is 2.51. The standard InChI is InChI=1S/C16H21NO3/c1-3-16(19,4-2)11-17-15(18)13-9-12-7-5-6-8-14(12)20-10-13/h5-9,19H,3-4,10-11H2,1-2H3,(H,17,18). The molecule has 1 aromatic rings. The van der Waals surface area contributed by atoms with Crippen LogP contribution >= 0.6 is 0 Å². The molecular weight excluding hydrogens is 254 g/mol. The number of benzene rings is 1. The molecule has 0 atom stereocenters. The molecule has 0 saturated heterocycles. The fraction of sp³-hybridized carbons (Fsp3) is 0.438. The Morgan fingerprint density at radius 3 is 2.75 bits per heavy atom. The number of fused-ring (bicyclic) bond motifs is 1. The quantitative estimate of drug-likeness (QED) is 0.865. The van der Waals surface area contributed by atoms with Gasteiger partial charge in [0.25, 0.3) is 5.91 Å². The molecule has 20 heavy (non-hydrogen) atoms. The van der Waals surface area contributed by atoms with E-state index in [1.807, 2.05) is 44.2 Å². The predicted octanol–water partition coefficient (Wildman–Crippen LogP) is 2.13. The second-order valence-corrected chi connectivity index (χ2v) is 5.11. The lowest BCUT2D eigenvalue weighted by atomic mass is 9.97. The zero-order valence-electron chi connectivity index (χ0n) is 12.0. The summed E-state index contributed by atoms with van der Waals surface area (Å²) in [6.45, 7) is 4.35. The third-order valence-electron chi connectivity index (χ3n) is 3.82. The molecule has 0 spiro atoms. The van der Waals surface area contributed by atoms with Gasteiger partial charge in [-0.25, -0.2) is 0 Å². The van der Waals surface area contributed by atoms with E-state index in [9.17, 15) is 9.90 Å². The van der Waals surface area contributed by atoms with Gasteiger partial charge in [-0.2, -0.15) is 0 Å². The molecule has 0 fully saturated rings. The molecule has 0 radical (unpaired) electrons. The second-order valence-electron chi connectivity index (χ2n) is 5.11. The highest BCUT2D eigenvalue weighted by Gasteiger charge is 2.24. The Kier molecular flexibility index (Phi) is 4.45. The van der Waals surface area contributed by atoms with E-state index in [4.69, 9.17) is 4.74 Å². The van der Waals surface area contributed by atoms with Gasteiger partial charge in [0.1, 0.15) is 12.4 Å². The number of rotatable bonds is 5. The van der Waals surface area contributed by atoms with Crippen molar-refractivity contribution in [1.29, 1.82) is 0 Å². The molecule has 0 unspecified atom stereocenters. The third-order valence-corrected chi connectivity index (χ3v) is 3.82. The molecular formula is C16H21NO3. The first-order chi connectivity index (χ1) is 9.58. The van der Waals surface area contributed by atoms with E-state index >= 15 is 0 Å².